The molecule has 0 spiro atoms. The van der Waals surface area contributed by atoms with Gasteiger partial charge in [-0.3, -0.25) is 14.4 Å². The summed E-state index contributed by atoms with van der Waals surface area (Å²) in [6.07, 6.45) is 10.2. The number of para-hydroxylation sites is 1. The van der Waals surface area contributed by atoms with Gasteiger partial charge in [-0.05, 0) is 93.3 Å². The van der Waals surface area contributed by atoms with Gasteiger partial charge in [-0.15, -0.1) is 0 Å². The first-order valence-electron chi connectivity index (χ1n) is 22.6. The number of likely N-dealkylation sites (tertiary alicyclic amines) is 2. The zero-order chi connectivity index (χ0) is 46.8. The number of nitrogens with zero attached hydrogens (tertiary/aromatic N) is 9. The smallest absolute Gasteiger partial charge is 0.410 e. The zero-order valence-electron chi connectivity index (χ0n) is 38.1. The van der Waals surface area contributed by atoms with Crippen LogP contribution in [0.15, 0.2) is 165 Å². The molecule has 5 aromatic carbocycles. The first kappa shape index (κ1) is 47.3. The van der Waals surface area contributed by atoms with E-state index in [9.17, 15) is 9.59 Å². The maximum atomic E-state index is 13.0. The van der Waals surface area contributed by atoms with Crippen LogP contribution < -0.4 is 10.1 Å². The number of imidazole rings is 2. The van der Waals surface area contributed by atoms with Crippen LogP contribution in [0.25, 0.3) is 22.5 Å². The molecule has 13 heteroatoms. The minimum atomic E-state index is -0.540. The number of nitriles is 2. The number of carbonyl (C=O) groups is 2. The quantitative estimate of drug-likeness (QED) is 0.149. The Labute approximate surface area is 393 Å². The Bertz CT molecular complexity index is 2730. The Morgan fingerprint density at radius 2 is 1.10 bits per heavy atom. The molecule has 2 fully saturated rings. The van der Waals surface area contributed by atoms with Gasteiger partial charge in [-0.25, -0.2) is 24.1 Å². The molecule has 67 heavy (non-hydrogen) atoms. The van der Waals surface area contributed by atoms with Crippen LogP contribution in [-0.2, 0) is 13.1 Å². The molecule has 13 nitrogen and oxygen atoms in total. The van der Waals surface area contributed by atoms with Crippen LogP contribution in [0.1, 0.15) is 47.9 Å². The van der Waals surface area contributed by atoms with Crippen LogP contribution in [0.5, 0.6) is 5.75 Å². The summed E-state index contributed by atoms with van der Waals surface area (Å²) in [6.45, 7) is 6.47. The Hall–Kier alpha value is -7.68. The molecule has 2 aromatic heterocycles. The number of amides is 1. The van der Waals surface area contributed by atoms with Crippen molar-refractivity contribution in [3.63, 3.8) is 0 Å². The Morgan fingerprint density at radius 1 is 0.642 bits per heavy atom. The third-order valence-corrected chi connectivity index (χ3v) is 12.0. The lowest BCUT2D eigenvalue weighted by Gasteiger charge is -2.36. The number of benzene rings is 5. The molecule has 2 aliphatic heterocycles. The number of piperidine rings is 2. The Morgan fingerprint density at radius 3 is 1.60 bits per heavy atom. The highest BCUT2D eigenvalue weighted by atomic mass is 16.6. The fraction of sp³-hybridized carbons (Fsp3) is 0.259. The van der Waals surface area contributed by atoms with Crippen molar-refractivity contribution in [3.05, 3.63) is 187 Å². The second kappa shape index (κ2) is 24.0. The summed E-state index contributed by atoms with van der Waals surface area (Å²) in [5.74, 6) is 0.467. The number of nitrogens with one attached hydrogen (secondary N) is 1. The predicted molar refractivity (Wildman–Crippen MR) is 260 cm³/mol. The lowest BCUT2D eigenvalue weighted by atomic mass is 10.0. The van der Waals surface area contributed by atoms with E-state index in [1.54, 1.807) is 73.3 Å². The van der Waals surface area contributed by atoms with Crippen molar-refractivity contribution in [3.8, 4) is 40.4 Å². The summed E-state index contributed by atoms with van der Waals surface area (Å²) >= 11 is 0. The first-order chi connectivity index (χ1) is 32.8. The molecule has 0 atom stereocenters. The molecule has 4 heterocycles. The molecule has 0 aliphatic carbocycles. The van der Waals surface area contributed by atoms with Crippen molar-refractivity contribution in [1.29, 1.82) is 10.5 Å². The van der Waals surface area contributed by atoms with E-state index in [1.807, 2.05) is 42.3 Å². The van der Waals surface area contributed by atoms with Crippen LogP contribution in [0.2, 0.25) is 0 Å². The summed E-state index contributed by atoms with van der Waals surface area (Å²) in [5.41, 5.74) is 6.76. The van der Waals surface area contributed by atoms with Crippen LogP contribution in [-0.4, -0.2) is 98.3 Å². The van der Waals surface area contributed by atoms with Gasteiger partial charge in [-0.1, -0.05) is 103 Å². The molecule has 9 rings (SSSR count). The van der Waals surface area contributed by atoms with Gasteiger partial charge in [0.25, 0.3) is 0 Å². The highest BCUT2D eigenvalue weighted by Crippen LogP contribution is 2.22. The number of carbonyl (C=O) groups excluding carboxylic acids is 2. The molecule has 0 radical (unpaired) electrons. The van der Waals surface area contributed by atoms with Gasteiger partial charge in [0.1, 0.15) is 18.4 Å². The molecule has 7 aromatic rings. The number of rotatable bonds is 9. The summed E-state index contributed by atoms with van der Waals surface area (Å²) in [7, 11) is 3.94. The largest absolute Gasteiger partial charge is 0.424 e. The molecule has 2 saturated heterocycles. The average molecular weight is 893 g/mol. The fourth-order valence-corrected chi connectivity index (χ4v) is 8.15. The number of ether oxygens (including phenoxy) is 1. The van der Waals surface area contributed by atoms with E-state index in [1.165, 1.54) is 52.5 Å². The van der Waals surface area contributed by atoms with Crippen molar-refractivity contribution in [2.75, 3.05) is 40.3 Å². The minimum Gasteiger partial charge on any atom is -0.410 e. The number of aromatic nitrogens is 4. The van der Waals surface area contributed by atoms with E-state index < -0.39 is 6.09 Å². The molecule has 0 unspecified atom stereocenters. The van der Waals surface area contributed by atoms with E-state index in [0.717, 1.165) is 56.2 Å². The molecular formula is C54H56N10O3. The monoisotopic (exact) mass is 892 g/mol. The van der Waals surface area contributed by atoms with E-state index in [-0.39, 0.29) is 12.1 Å². The lowest BCUT2D eigenvalue weighted by molar-refractivity contribution is 0.132. The summed E-state index contributed by atoms with van der Waals surface area (Å²) in [4.78, 5) is 40.4. The van der Waals surface area contributed by atoms with Gasteiger partial charge >= 0.3 is 12.1 Å². The molecule has 1 amide bonds. The van der Waals surface area contributed by atoms with Crippen LogP contribution in [0, 0.1) is 22.7 Å². The molecule has 0 saturated carbocycles. The van der Waals surface area contributed by atoms with E-state index in [4.69, 9.17) is 15.3 Å². The summed E-state index contributed by atoms with van der Waals surface area (Å²) < 4.78 is 8.02. The molecule has 2 aliphatic rings. The van der Waals surface area contributed by atoms with E-state index in [0.29, 0.717) is 28.3 Å². The second-order valence-corrected chi connectivity index (χ2v) is 16.6. The van der Waals surface area contributed by atoms with Crippen LogP contribution >= 0.6 is 0 Å². The minimum absolute atomic E-state index is 0.0771. The van der Waals surface area contributed by atoms with Crippen molar-refractivity contribution >= 4 is 12.1 Å². The van der Waals surface area contributed by atoms with Gasteiger partial charge < -0.3 is 15.0 Å². The fourth-order valence-electron chi connectivity index (χ4n) is 8.15. The van der Waals surface area contributed by atoms with Crippen molar-refractivity contribution in [2.24, 2.45) is 0 Å². The standard InChI is InChI=1S/C24H25N5O.C17H11N3O2.C13H20N2/c1-27(22-10-12-28(13-11-22)16-19-6-3-2-4-7-19)24(30)29-17-23(26-18-29)21-9-5-8-20(14-21)15-25;18-10-13-5-4-6-14(9-13)16-11-20(12-19-16)17(21)22-15-7-2-1-3-8-15;1-14-13-7-9-15(10-8-13)11-12-5-3-2-4-6-12/h2-9,14,17-18,22H,10-13,16H2,1H3;1-9,11-12H;2-6,13-14H,7-11H2,1H3. The topological polar surface area (TPSA) is 148 Å². The van der Waals surface area contributed by atoms with Crippen molar-refractivity contribution in [2.45, 2.75) is 50.9 Å². The maximum Gasteiger partial charge on any atom is 0.424 e. The second-order valence-electron chi connectivity index (χ2n) is 16.6. The molecule has 0 bridgehead atoms. The van der Waals surface area contributed by atoms with Crippen molar-refractivity contribution in [1.82, 2.24) is 39.1 Å². The SMILES string of the molecule is CN(C(=O)n1cnc(-c2cccc(C#N)c2)c1)C1CCN(Cc2ccccc2)CC1.CNC1CCN(Cc2ccccc2)CC1.N#Cc1cccc(-c2cn(C(=O)Oc3ccccc3)cn2)c1. The van der Waals surface area contributed by atoms with Gasteiger partial charge in [0.2, 0.25) is 0 Å². The predicted octanol–water partition coefficient (Wildman–Crippen LogP) is 9.33. The molecular weight excluding hydrogens is 837 g/mol. The third-order valence-electron chi connectivity index (χ3n) is 12.0. The Balaban J connectivity index is 0.000000158. The summed E-state index contributed by atoms with van der Waals surface area (Å²) in [6, 6.07) is 49.4. The normalized spacial score (nSPS) is 14.3. The van der Waals surface area contributed by atoms with E-state index >= 15 is 0 Å². The molecule has 1 N–H and O–H groups in total. The highest BCUT2D eigenvalue weighted by Gasteiger charge is 2.26. The van der Waals surface area contributed by atoms with E-state index in [2.05, 4.69) is 98.9 Å². The van der Waals surface area contributed by atoms with Gasteiger partial charge in [0.05, 0.1) is 34.7 Å². The first-order valence-corrected chi connectivity index (χ1v) is 22.6. The number of hydrogen-bond acceptors (Lipinski definition) is 10. The third kappa shape index (κ3) is 13.7. The average Bonchev–Trinajstić information content (AvgIpc) is 4.10. The van der Waals surface area contributed by atoms with Gasteiger partial charge in [0, 0.05) is 68.8 Å². The lowest BCUT2D eigenvalue weighted by Crippen LogP contribution is -2.46. The zero-order valence-corrected chi connectivity index (χ0v) is 38.1. The van der Waals surface area contributed by atoms with Gasteiger partial charge in [0.15, 0.2) is 0 Å². The molecule has 340 valence electrons. The van der Waals surface area contributed by atoms with Crippen molar-refractivity contribution < 1.29 is 14.3 Å². The number of hydrogen-bond donors (Lipinski definition) is 1. The van der Waals surface area contributed by atoms with Crippen LogP contribution in [0.4, 0.5) is 9.59 Å². The maximum absolute atomic E-state index is 13.0. The van der Waals surface area contributed by atoms with Crippen LogP contribution in [0.3, 0.4) is 0 Å². The Kier molecular flexibility index (Phi) is 17.0. The highest BCUT2D eigenvalue weighted by molar-refractivity contribution is 5.78. The summed E-state index contributed by atoms with van der Waals surface area (Å²) in [5, 5.41) is 21.4. The van der Waals surface area contributed by atoms with Gasteiger partial charge in [-0.2, -0.15) is 10.5 Å².